The molecule has 2 heterocycles. The van der Waals surface area contributed by atoms with Crippen LogP contribution in [0.25, 0.3) is 0 Å². The van der Waals surface area contributed by atoms with E-state index in [4.69, 9.17) is 4.74 Å². The summed E-state index contributed by atoms with van der Waals surface area (Å²) < 4.78 is 5.77. The van der Waals surface area contributed by atoms with Crippen LogP contribution in [0.2, 0.25) is 0 Å². The van der Waals surface area contributed by atoms with E-state index in [0.29, 0.717) is 10.0 Å². The zero-order valence-corrected chi connectivity index (χ0v) is 19.1. The van der Waals surface area contributed by atoms with Crippen molar-refractivity contribution in [2.75, 3.05) is 20.3 Å². The number of phenolic OH excluding ortho intramolecular Hbond substituents is 2. The lowest BCUT2D eigenvalue weighted by molar-refractivity contribution is -0.131. The Balaban J connectivity index is 1.86. The van der Waals surface area contributed by atoms with Gasteiger partial charge in [-0.15, -0.1) is 0 Å². The van der Waals surface area contributed by atoms with E-state index in [9.17, 15) is 20.1 Å². The standard InChI is InChI=1S/C22H26BrN3O5/c1-10-6-11(2)20(28)13(7-10)17-16-18(25-24-17)22(30)26(4-5-27)19(16)12-8-14(23)21(29)15(9-12)31-3/h6-9,16-19,24-25,27-29H,4-5H2,1-3H3. The van der Waals surface area contributed by atoms with Crippen LogP contribution in [0, 0.1) is 19.8 Å². The largest absolute Gasteiger partial charge is 0.507 e. The minimum absolute atomic E-state index is 0.0213. The zero-order chi connectivity index (χ0) is 22.4. The maximum atomic E-state index is 13.2. The van der Waals surface area contributed by atoms with Crippen molar-refractivity contribution in [1.82, 2.24) is 15.8 Å². The first-order chi connectivity index (χ1) is 14.8. The van der Waals surface area contributed by atoms with E-state index in [-0.39, 0.29) is 48.3 Å². The number of carbonyl (C=O) groups excluding carboxylic acids is 1. The van der Waals surface area contributed by atoms with Crippen LogP contribution >= 0.6 is 15.9 Å². The first-order valence-electron chi connectivity index (χ1n) is 10.1. The Morgan fingerprint density at radius 3 is 2.48 bits per heavy atom. The van der Waals surface area contributed by atoms with E-state index in [0.717, 1.165) is 16.7 Å². The number of likely N-dealkylation sites (tertiary alicyclic amines) is 1. The number of nitrogens with zero attached hydrogens (tertiary/aromatic N) is 1. The molecule has 5 N–H and O–H groups in total. The highest BCUT2D eigenvalue weighted by Crippen LogP contribution is 2.50. The number of fused-ring (bicyclic) bond motifs is 1. The van der Waals surface area contributed by atoms with Crippen molar-refractivity contribution in [3.05, 3.63) is 51.0 Å². The molecule has 0 aliphatic carbocycles. The van der Waals surface area contributed by atoms with Crippen LogP contribution in [0.5, 0.6) is 17.2 Å². The molecule has 166 valence electrons. The molecule has 4 unspecified atom stereocenters. The van der Waals surface area contributed by atoms with E-state index in [2.05, 4.69) is 26.8 Å². The number of hydrazine groups is 1. The van der Waals surface area contributed by atoms with E-state index < -0.39 is 12.1 Å². The molecule has 1 amide bonds. The Kier molecular flexibility index (Phi) is 5.87. The fourth-order valence-electron chi connectivity index (χ4n) is 4.87. The van der Waals surface area contributed by atoms with Crippen molar-refractivity contribution in [2.24, 2.45) is 5.92 Å². The van der Waals surface area contributed by atoms with Gasteiger partial charge in [-0.1, -0.05) is 17.7 Å². The number of hydrogen-bond donors (Lipinski definition) is 5. The van der Waals surface area contributed by atoms with Gasteiger partial charge in [-0.3, -0.25) is 4.79 Å². The number of aryl methyl sites for hydroxylation is 2. The summed E-state index contributed by atoms with van der Waals surface area (Å²) in [7, 11) is 1.47. The van der Waals surface area contributed by atoms with Gasteiger partial charge in [0.25, 0.3) is 0 Å². The van der Waals surface area contributed by atoms with Crippen molar-refractivity contribution < 1.29 is 24.9 Å². The number of benzene rings is 2. The van der Waals surface area contributed by atoms with E-state index in [1.807, 2.05) is 26.0 Å². The topological polar surface area (TPSA) is 114 Å². The number of amides is 1. The first kappa shape index (κ1) is 21.9. The summed E-state index contributed by atoms with van der Waals surface area (Å²) in [4.78, 5) is 14.9. The molecule has 0 aromatic heterocycles. The van der Waals surface area contributed by atoms with Gasteiger partial charge in [-0.05, 0) is 53.0 Å². The predicted octanol–water partition coefficient (Wildman–Crippen LogP) is 2.20. The maximum absolute atomic E-state index is 13.2. The summed E-state index contributed by atoms with van der Waals surface area (Å²) in [6, 6.07) is 6.02. The molecule has 2 aromatic carbocycles. The number of carbonyl (C=O) groups is 1. The number of rotatable bonds is 5. The third-order valence-electron chi connectivity index (χ3n) is 6.18. The molecular weight excluding hydrogens is 466 g/mol. The number of hydrogen-bond acceptors (Lipinski definition) is 7. The molecule has 0 spiro atoms. The van der Waals surface area contributed by atoms with Gasteiger partial charge in [0, 0.05) is 18.0 Å². The van der Waals surface area contributed by atoms with Crippen LogP contribution in [0.4, 0.5) is 0 Å². The Labute approximate surface area is 188 Å². The van der Waals surface area contributed by atoms with Crippen LogP contribution in [-0.2, 0) is 4.79 Å². The lowest BCUT2D eigenvalue weighted by Crippen LogP contribution is -2.42. The number of ether oxygens (including phenoxy) is 1. The Morgan fingerprint density at radius 2 is 1.81 bits per heavy atom. The minimum Gasteiger partial charge on any atom is -0.507 e. The first-order valence-corrected chi connectivity index (χ1v) is 10.9. The van der Waals surface area contributed by atoms with Crippen LogP contribution in [-0.4, -0.2) is 52.4 Å². The van der Waals surface area contributed by atoms with Crippen molar-refractivity contribution >= 4 is 21.8 Å². The number of halogens is 1. The van der Waals surface area contributed by atoms with Crippen LogP contribution in [0.3, 0.4) is 0 Å². The van der Waals surface area contributed by atoms with Crippen molar-refractivity contribution in [1.29, 1.82) is 0 Å². The quantitative estimate of drug-likeness (QED) is 0.435. The number of aromatic hydroxyl groups is 2. The molecule has 2 saturated heterocycles. The molecule has 2 aliphatic heterocycles. The van der Waals surface area contributed by atoms with Gasteiger partial charge in [0.1, 0.15) is 11.8 Å². The number of methoxy groups -OCH3 is 1. The third kappa shape index (κ3) is 3.55. The second kappa shape index (κ2) is 8.31. The van der Waals surface area contributed by atoms with Crippen LogP contribution in [0.15, 0.2) is 28.7 Å². The fraction of sp³-hybridized carbons (Fsp3) is 0.409. The van der Waals surface area contributed by atoms with Crippen molar-refractivity contribution in [3.63, 3.8) is 0 Å². The average molecular weight is 492 g/mol. The lowest BCUT2D eigenvalue weighted by atomic mass is 9.82. The summed E-state index contributed by atoms with van der Waals surface area (Å²) in [6.07, 6.45) is 0. The number of aliphatic hydroxyl groups is 1. The molecule has 4 atom stereocenters. The Morgan fingerprint density at radius 1 is 1.10 bits per heavy atom. The molecular formula is C22H26BrN3O5. The molecule has 9 heteroatoms. The summed E-state index contributed by atoms with van der Waals surface area (Å²) in [5.74, 6) is 0.0566. The second-order valence-electron chi connectivity index (χ2n) is 8.09. The summed E-state index contributed by atoms with van der Waals surface area (Å²) in [5, 5.41) is 30.7. The van der Waals surface area contributed by atoms with Gasteiger partial charge in [-0.2, -0.15) is 0 Å². The van der Waals surface area contributed by atoms with Gasteiger partial charge in [0.15, 0.2) is 11.5 Å². The molecule has 0 radical (unpaired) electrons. The van der Waals surface area contributed by atoms with E-state index in [1.54, 1.807) is 17.0 Å². The number of β-amino-alcohol motifs (C(OH)–C–C–N with tert-alkyl or cyclic N) is 1. The number of phenols is 2. The average Bonchev–Trinajstić information content (AvgIpc) is 3.27. The summed E-state index contributed by atoms with van der Waals surface area (Å²) in [6.45, 7) is 3.81. The molecule has 4 rings (SSSR count). The van der Waals surface area contributed by atoms with Gasteiger partial charge in [-0.25, -0.2) is 10.9 Å². The zero-order valence-electron chi connectivity index (χ0n) is 17.5. The third-order valence-corrected chi connectivity index (χ3v) is 6.78. The molecule has 0 saturated carbocycles. The highest BCUT2D eigenvalue weighted by Gasteiger charge is 2.56. The molecule has 31 heavy (non-hydrogen) atoms. The normalized spacial score (nSPS) is 25.2. The lowest BCUT2D eigenvalue weighted by Gasteiger charge is -2.31. The molecule has 2 aliphatic rings. The van der Waals surface area contributed by atoms with Crippen LogP contribution < -0.4 is 15.6 Å². The SMILES string of the molecule is COc1cc(C2C3C(NNC3c3cc(C)cc(C)c3O)C(=O)N2CCO)cc(Br)c1O. The van der Waals surface area contributed by atoms with Crippen molar-refractivity contribution in [2.45, 2.75) is 32.0 Å². The highest BCUT2D eigenvalue weighted by atomic mass is 79.9. The molecule has 0 bridgehead atoms. The molecule has 8 nitrogen and oxygen atoms in total. The van der Waals surface area contributed by atoms with Gasteiger partial charge in [0.2, 0.25) is 5.91 Å². The smallest absolute Gasteiger partial charge is 0.242 e. The highest BCUT2D eigenvalue weighted by molar-refractivity contribution is 9.10. The van der Waals surface area contributed by atoms with Crippen LogP contribution in [0.1, 0.15) is 34.3 Å². The summed E-state index contributed by atoms with van der Waals surface area (Å²) >= 11 is 3.37. The van der Waals surface area contributed by atoms with E-state index in [1.165, 1.54) is 7.11 Å². The monoisotopic (exact) mass is 491 g/mol. The maximum Gasteiger partial charge on any atom is 0.242 e. The number of nitrogens with one attached hydrogen (secondary N) is 2. The minimum atomic E-state index is -0.527. The fourth-order valence-corrected chi connectivity index (χ4v) is 5.33. The van der Waals surface area contributed by atoms with E-state index >= 15 is 0 Å². The predicted molar refractivity (Wildman–Crippen MR) is 118 cm³/mol. The van der Waals surface area contributed by atoms with Crippen molar-refractivity contribution in [3.8, 4) is 17.2 Å². The Bertz CT molecular complexity index is 1030. The Hall–Kier alpha value is -2.33. The van der Waals surface area contributed by atoms with Gasteiger partial charge in [0.05, 0.1) is 30.3 Å². The summed E-state index contributed by atoms with van der Waals surface area (Å²) in [5.41, 5.74) is 9.56. The van der Waals surface area contributed by atoms with Gasteiger partial charge >= 0.3 is 0 Å². The van der Waals surface area contributed by atoms with Gasteiger partial charge < -0.3 is 25.0 Å². The second-order valence-corrected chi connectivity index (χ2v) is 8.95. The molecule has 2 aromatic rings. The number of aliphatic hydroxyl groups excluding tert-OH is 1. The molecule has 2 fully saturated rings.